The number of aliphatic hydroxyl groups is 1. The van der Waals surface area contributed by atoms with Crippen LogP contribution in [0.25, 0.3) is 0 Å². The average molecular weight is 252 g/mol. The van der Waals surface area contributed by atoms with E-state index in [9.17, 15) is 9.90 Å². The van der Waals surface area contributed by atoms with Gasteiger partial charge >= 0.3 is 0 Å². The summed E-state index contributed by atoms with van der Waals surface area (Å²) < 4.78 is 5.27. The number of aliphatic hydroxyl groups excluding tert-OH is 1. The summed E-state index contributed by atoms with van der Waals surface area (Å²) in [4.78, 5) is 10.9. The van der Waals surface area contributed by atoms with Crippen LogP contribution in [-0.2, 0) is 4.74 Å². The molecule has 7 heteroatoms. The minimum Gasteiger partial charge on any atom is -0.394 e. The summed E-state index contributed by atoms with van der Waals surface area (Å²) in [6, 6.07) is 3.13. The molecule has 0 aliphatic carbocycles. The van der Waals surface area contributed by atoms with Crippen molar-refractivity contribution in [1.29, 1.82) is 0 Å². The van der Waals surface area contributed by atoms with Crippen molar-refractivity contribution >= 4 is 11.7 Å². The number of nitrogens with two attached hydrogens (primary N) is 1. The fourth-order valence-electron chi connectivity index (χ4n) is 1.89. The summed E-state index contributed by atoms with van der Waals surface area (Å²) in [7, 11) is 0. The molecule has 0 spiro atoms. The van der Waals surface area contributed by atoms with Crippen LogP contribution in [0.1, 0.15) is 23.3 Å². The van der Waals surface area contributed by atoms with Crippen LogP contribution in [0.3, 0.4) is 0 Å². The van der Waals surface area contributed by atoms with E-state index in [0.717, 1.165) is 0 Å². The van der Waals surface area contributed by atoms with Crippen molar-refractivity contribution in [3.63, 3.8) is 0 Å². The Morgan fingerprint density at radius 2 is 2.17 bits per heavy atom. The summed E-state index contributed by atoms with van der Waals surface area (Å²) in [6.07, 6.45) is 1.39. The van der Waals surface area contributed by atoms with Crippen LogP contribution < -0.4 is 11.1 Å². The maximum Gasteiger partial charge on any atom is 0.269 e. The Kier molecular flexibility index (Phi) is 3.73. The SMILES string of the molecule is NC(=O)c1ccc(NC2(CO)CCOCC2)nn1. The molecule has 0 saturated carbocycles. The van der Waals surface area contributed by atoms with Crippen molar-refractivity contribution in [2.24, 2.45) is 5.73 Å². The molecule has 4 N–H and O–H groups in total. The summed E-state index contributed by atoms with van der Waals surface area (Å²) in [5, 5.41) is 20.2. The lowest BCUT2D eigenvalue weighted by Crippen LogP contribution is -2.47. The van der Waals surface area contributed by atoms with Crippen LogP contribution in [-0.4, -0.2) is 46.6 Å². The maximum atomic E-state index is 10.9. The fourth-order valence-corrected chi connectivity index (χ4v) is 1.89. The van der Waals surface area contributed by atoms with Gasteiger partial charge < -0.3 is 20.9 Å². The summed E-state index contributed by atoms with van der Waals surface area (Å²) in [6.45, 7) is 1.19. The highest BCUT2D eigenvalue weighted by Gasteiger charge is 2.32. The number of rotatable bonds is 4. The summed E-state index contributed by atoms with van der Waals surface area (Å²) in [5.41, 5.74) is 4.77. The number of ether oxygens (including phenoxy) is 1. The number of hydrogen-bond donors (Lipinski definition) is 3. The first-order valence-corrected chi connectivity index (χ1v) is 5.75. The Morgan fingerprint density at radius 3 is 2.67 bits per heavy atom. The second kappa shape index (κ2) is 5.28. The molecule has 0 bridgehead atoms. The Hall–Kier alpha value is -1.73. The van der Waals surface area contributed by atoms with Crippen molar-refractivity contribution < 1.29 is 14.6 Å². The maximum absolute atomic E-state index is 10.9. The van der Waals surface area contributed by atoms with Crippen molar-refractivity contribution in [3.8, 4) is 0 Å². The topological polar surface area (TPSA) is 110 Å². The lowest BCUT2D eigenvalue weighted by molar-refractivity contribution is 0.0378. The van der Waals surface area contributed by atoms with E-state index in [1.54, 1.807) is 6.07 Å². The van der Waals surface area contributed by atoms with E-state index in [2.05, 4.69) is 15.5 Å². The van der Waals surface area contributed by atoms with Gasteiger partial charge in [-0.1, -0.05) is 0 Å². The predicted molar refractivity (Wildman–Crippen MR) is 64.0 cm³/mol. The number of hydrogen-bond acceptors (Lipinski definition) is 6. The molecule has 2 rings (SSSR count). The number of nitrogens with one attached hydrogen (secondary N) is 1. The fraction of sp³-hybridized carbons (Fsp3) is 0.545. The van der Waals surface area contributed by atoms with E-state index in [4.69, 9.17) is 10.5 Å². The lowest BCUT2D eigenvalue weighted by Gasteiger charge is -2.36. The normalized spacial score (nSPS) is 18.3. The second-order valence-electron chi connectivity index (χ2n) is 4.34. The van der Waals surface area contributed by atoms with Gasteiger partial charge in [-0.05, 0) is 25.0 Å². The number of anilines is 1. The minimum absolute atomic E-state index is 0.00435. The standard InChI is InChI=1S/C11H16N4O3/c12-10(17)8-1-2-9(15-14-8)13-11(7-16)3-5-18-6-4-11/h1-2,16H,3-7H2,(H2,12,17)(H,13,15). The van der Waals surface area contributed by atoms with Gasteiger partial charge in [0.25, 0.3) is 5.91 Å². The molecule has 1 aliphatic heterocycles. The van der Waals surface area contributed by atoms with E-state index in [1.807, 2.05) is 0 Å². The summed E-state index contributed by atoms with van der Waals surface area (Å²) in [5.74, 6) is -0.104. The van der Waals surface area contributed by atoms with Crippen molar-refractivity contribution in [2.45, 2.75) is 18.4 Å². The van der Waals surface area contributed by atoms with Gasteiger partial charge in [0, 0.05) is 13.2 Å². The highest BCUT2D eigenvalue weighted by molar-refractivity contribution is 5.90. The lowest BCUT2D eigenvalue weighted by atomic mass is 9.91. The molecule has 7 nitrogen and oxygen atoms in total. The van der Waals surface area contributed by atoms with Gasteiger partial charge in [-0.3, -0.25) is 4.79 Å². The Balaban J connectivity index is 2.09. The van der Waals surface area contributed by atoms with Crippen LogP contribution in [0.15, 0.2) is 12.1 Å². The second-order valence-corrected chi connectivity index (χ2v) is 4.34. The molecule has 1 aromatic rings. The third-order valence-corrected chi connectivity index (χ3v) is 3.06. The number of primary amides is 1. The van der Waals surface area contributed by atoms with Gasteiger partial charge in [-0.2, -0.15) is 0 Å². The minimum atomic E-state index is -0.614. The van der Waals surface area contributed by atoms with Gasteiger partial charge in [0.1, 0.15) is 5.82 Å². The molecular formula is C11H16N4O3. The van der Waals surface area contributed by atoms with Crippen molar-refractivity contribution in [2.75, 3.05) is 25.1 Å². The first-order valence-electron chi connectivity index (χ1n) is 5.75. The first kappa shape index (κ1) is 12.7. The quantitative estimate of drug-likeness (QED) is 0.668. The molecule has 0 atom stereocenters. The number of amides is 1. The largest absolute Gasteiger partial charge is 0.394 e. The highest BCUT2D eigenvalue weighted by Crippen LogP contribution is 2.24. The van der Waals surface area contributed by atoms with E-state index >= 15 is 0 Å². The van der Waals surface area contributed by atoms with E-state index in [1.165, 1.54) is 6.07 Å². The Labute approximate surface area is 104 Å². The zero-order valence-corrected chi connectivity index (χ0v) is 9.93. The van der Waals surface area contributed by atoms with E-state index in [-0.39, 0.29) is 12.3 Å². The van der Waals surface area contributed by atoms with Crippen LogP contribution in [0, 0.1) is 0 Å². The van der Waals surface area contributed by atoms with Crippen molar-refractivity contribution in [3.05, 3.63) is 17.8 Å². The number of nitrogens with zero attached hydrogens (tertiary/aromatic N) is 2. The van der Waals surface area contributed by atoms with Crippen LogP contribution in [0.2, 0.25) is 0 Å². The van der Waals surface area contributed by atoms with Gasteiger partial charge in [0.05, 0.1) is 12.1 Å². The van der Waals surface area contributed by atoms with Crippen LogP contribution in [0.5, 0.6) is 0 Å². The Bertz CT molecular complexity index is 415. The number of carbonyl (C=O) groups excluding carboxylic acids is 1. The molecule has 18 heavy (non-hydrogen) atoms. The number of carbonyl (C=O) groups is 1. The molecule has 1 saturated heterocycles. The summed E-state index contributed by atoms with van der Waals surface area (Å²) >= 11 is 0. The third-order valence-electron chi connectivity index (χ3n) is 3.06. The molecule has 0 unspecified atom stereocenters. The van der Waals surface area contributed by atoms with Crippen LogP contribution in [0.4, 0.5) is 5.82 Å². The molecule has 1 aromatic heterocycles. The smallest absolute Gasteiger partial charge is 0.269 e. The molecule has 2 heterocycles. The molecule has 1 fully saturated rings. The molecular weight excluding hydrogens is 236 g/mol. The number of aromatic nitrogens is 2. The van der Waals surface area contributed by atoms with Gasteiger partial charge in [0.15, 0.2) is 5.69 Å². The Morgan fingerprint density at radius 1 is 1.44 bits per heavy atom. The molecule has 1 aliphatic rings. The zero-order valence-electron chi connectivity index (χ0n) is 9.93. The van der Waals surface area contributed by atoms with Crippen molar-refractivity contribution in [1.82, 2.24) is 10.2 Å². The molecule has 0 radical (unpaired) electrons. The van der Waals surface area contributed by atoms with E-state index in [0.29, 0.717) is 31.9 Å². The molecule has 1 amide bonds. The zero-order chi connectivity index (χ0) is 13.0. The molecule has 98 valence electrons. The first-order chi connectivity index (χ1) is 8.65. The van der Waals surface area contributed by atoms with Crippen LogP contribution >= 0.6 is 0 Å². The average Bonchev–Trinajstić information content (AvgIpc) is 2.40. The van der Waals surface area contributed by atoms with E-state index < -0.39 is 11.4 Å². The highest BCUT2D eigenvalue weighted by atomic mass is 16.5. The van der Waals surface area contributed by atoms with Gasteiger partial charge in [0.2, 0.25) is 0 Å². The monoisotopic (exact) mass is 252 g/mol. The van der Waals surface area contributed by atoms with Gasteiger partial charge in [-0.25, -0.2) is 0 Å². The predicted octanol–water partition coefficient (Wildman–Crippen LogP) is -0.471. The van der Waals surface area contributed by atoms with Gasteiger partial charge in [-0.15, -0.1) is 10.2 Å². The molecule has 0 aromatic carbocycles. The third kappa shape index (κ3) is 2.74.